The molecule has 0 saturated carbocycles. The maximum atomic E-state index is 6.88. The predicted molar refractivity (Wildman–Crippen MR) is 218 cm³/mol. The van der Waals surface area contributed by atoms with Crippen LogP contribution in [0.1, 0.15) is 0 Å². The van der Waals surface area contributed by atoms with Gasteiger partial charge in [0.1, 0.15) is 17.4 Å². The summed E-state index contributed by atoms with van der Waals surface area (Å²) >= 11 is 1.85. The smallest absolute Gasteiger partial charge is 0.294 e. The first-order chi connectivity index (χ1) is 25.8. The Morgan fingerprint density at radius 2 is 1.25 bits per heavy atom. The molecule has 6 heteroatoms. The molecule has 2 aliphatic heterocycles. The molecule has 52 heavy (non-hydrogen) atoms. The lowest BCUT2D eigenvalue weighted by molar-refractivity contribution is 0.616. The molecule has 0 N–H and O–H groups in total. The van der Waals surface area contributed by atoms with E-state index >= 15 is 0 Å². The highest BCUT2D eigenvalue weighted by molar-refractivity contribution is 7.25. The zero-order chi connectivity index (χ0) is 33.9. The number of hydrogen-bond acceptors (Lipinski definition) is 5. The van der Waals surface area contributed by atoms with Crippen LogP contribution in [-0.2, 0) is 0 Å². The van der Waals surface area contributed by atoms with Gasteiger partial charge in [-0.1, -0.05) is 96.5 Å². The molecule has 0 spiro atoms. The van der Waals surface area contributed by atoms with Crippen LogP contribution in [0, 0.1) is 0 Å². The van der Waals surface area contributed by atoms with E-state index in [1.165, 1.54) is 42.2 Å². The fraction of sp³-hybridized carbons (Fsp3) is 0. The predicted octanol–water partition coefficient (Wildman–Crippen LogP) is 11.3. The van der Waals surface area contributed by atoms with Crippen LogP contribution in [0.5, 0.6) is 0 Å². The number of benzene rings is 7. The number of furan rings is 2. The van der Waals surface area contributed by atoms with Crippen LogP contribution in [0.2, 0.25) is 0 Å². The van der Waals surface area contributed by atoms with Crippen LogP contribution < -0.4 is 26.4 Å². The van der Waals surface area contributed by atoms with Crippen molar-refractivity contribution in [3.05, 3.63) is 164 Å². The summed E-state index contributed by atoms with van der Waals surface area (Å²) in [6, 6.07) is 56.7. The first-order valence-corrected chi connectivity index (χ1v) is 18.4. The molecule has 0 bridgehead atoms. The summed E-state index contributed by atoms with van der Waals surface area (Å²) in [5, 5.41) is 4.73. The van der Waals surface area contributed by atoms with Crippen molar-refractivity contribution in [1.29, 1.82) is 0 Å². The number of anilines is 6. The van der Waals surface area contributed by atoms with Crippen LogP contribution >= 0.6 is 11.3 Å². The number of fused-ring (bicyclic) bond motifs is 11. The van der Waals surface area contributed by atoms with Crippen LogP contribution in [-0.4, -0.2) is 6.71 Å². The molecule has 12 rings (SSSR count). The summed E-state index contributed by atoms with van der Waals surface area (Å²) in [4.78, 5) is 4.81. The van der Waals surface area contributed by atoms with E-state index in [-0.39, 0.29) is 6.71 Å². The van der Waals surface area contributed by atoms with E-state index in [1.54, 1.807) is 0 Å². The maximum absolute atomic E-state index is 6.88. The van der Waals surface area contributed by atoms with Crippen LogP contribution in [0.4, 0.5) is 34.1 Å². The molecule has 2 aliphatic rings. The van der Waals surface area contributed by atoms with Gasteiger partial charge in [0.05, 0.1) is 17.0 Å². The Labute approximate surface area is 303 Å². The van der Waals surface area contributed by atoms with E-state index in [0.29, 0.717) is 0 Å². The molecular formula is C46H27BN2O2S. The highest BCUT2D eigenvalue weighted by Gasteiger charge is 2.47. The van der Waals surface area contributed by atoms with Crippen LogP contribution in [0.15, 0.2) is 173 Å². The van der Waals surface area contributed by atoms with Gasteiger partial charge in [-0.3, -0.25) is 0 Å². The first-order valence-electron chi connectivity index (χ1n) is 17.6. The van der Waals surface area contributed by atoms with Crippen molar-refractivity contribution in [2.45, 2.75) is 0 Å². The summed E-state index contributed by atoms with van der Waals surface area (Å²) in [6.07, 6.45) is 1.90. The molecule has 5 heterocycles. The molecule has 4 nitrogen and oxygen atoms in total. The largest absolute Gasteiger partial charge is 0.468 e. The highest BCUT2D eigenvalue weighted by atomic mass is 32.1. The summed E-state index contributed by atoms with van der Waals surface area (Å²) in [7, 11) is 0. The summed E-state index contributed by atoms with van der Waals surface area (Å²) in [6.45, 7) is -0.0351. The average Bonchev–Trinajstić information content (AvgIpc) is 3.97. The quantitative estimate of drug-likeness (QED) is 0.173. The molecule has 0 unspecified atom stereocenters. The van der Waals surface area contributed by atoms with Crippen molar-refractivity contribution in [2.75, 3.05) is 9.80 Å². The SMILES string of the molecule is c1ccc(N(c2cc3c4c(c2)N(c2coc5ccccc25)c2c(oc5ccccc25)B4c2ccccc2-3)c2ccc3c(c2)sc2ccccc23)cc1. The minimum absolute atomic E-state index is 0.0351. The van der Waals surface area contributed by atoms with E-state index in [1.807, 2.05) is 29.7 Å². The van der Waals surface area contributed by atoms with Crippen LogP contribution in [0.25, 0.3) is 53.2 Å². The van der Waals surface area contributed by atoms with Gasteiger partial charge in [-0.2, -0.15) is 0 Å². The first kappa shape index (κ1) is 28.2. The van der Waals surface area contributed by atoms with E-state index in [0.717, 1.165) is 61.7 Å². The van der Waals surface area contributed by atoms with Gasteiger partial charge in [0.15, 0.2) is 0 Å². The minimum atomic E-state index is -0.0351. The zero-order valence-corrected chi connectivity index (χ0v) is 28.6. The fourth-order valence-corrected chi connectivity index (χ4v) is 9.89. The summed E-state index contributed by atoms with van der Waals surface area (Å²) < 4.78 is 15.7. The normalized spacial score (nSPS) is 12.9. The van der Waals surface area contributed by atoms with Crippen LogP contribution in [0.3, 0.4) is 0 Å². The van der Waals surface area contributed by atoms with Crippen molar-refractivity contribution in [3.63, 3.8) is 0 Å². The van der Waals surface area contributed by atoms with Crippen molar-refractivity contribution in [3.8, 4) is 11.1 Å². The Hall–Kier alpha value is -6.50. The molecule has 0 fully saturated rings. The Balaban J connectivity index is 1.18. The molecule has 0 amide bonds. The van der Waals surface area contributed by atoms with Crippen molar-refractivity contribution in [1.82, 2.24) is 0 Å². The second-order valence-electron chi connectivity index (χ2n) is 13.7. The molecule has 0 saturated heterocycles. The second-order valence-corrected chi connectivity index (χ2v) is 14.7. The van der Waals surface area contributed by atoms with E-state index < -0.39 is 0 Å². The summed E-state index contributed by atoms with van der Waals surface area (Å²) in [5.74, 6) is 0. The average molecular weight is 683 g/mol. The van der Waals surface area contributed by atoms with Gasteiger partial charge in [-0.05, 0) is 83.3 Å². The number of thiophene rings is 1. The van der Waals surface area contributed by atoms with E-state index in [2.05, 4.69) is 155 Å². The molecule has 242 valence electrons. The van der Waals surface area contributed by atoms with E-state index in [9.17, 15) is 0 Å². The van der Waals surface area contributed by atoms with Crippen molar-refractivity contribution < 1.29 is 8.83 Å². The molecule has 0 radical (unpaired) electrons. The van der Waals surface area contributed by atoms with Gasteiger partial charge in [-0.25, -0.2) is 0 Å². The maximum Gasteiger partial charge on any atom is 0.294 e. The molecular weight excluding hydrogens is 655 g/mol. The van der Waals surface area contributed by atoms with Gasteiger partial charge in [-0.15, -0.1) is 11.3 Å². The van der Waals surface area contributed by atoms with Crippen molar-refractivity contribution in [2.24, 2.45) is 0 Å². The van der Waals surface area contributed by atoms with Gasteiger partial charge in [0, 0.05) is 53.7 Å². The molecule has 7 aromatic carbocycles. The summed E-state index contributed by atoms with van der Waals surface area (Å²) in [5.41, 5.74) is 14.2. The monoisotopic (exact) mass is 682 g/mol. The highest BCUT2D eigenvalue weighted by Crippen LogP contribution is 2.50. The molecule has 0 atom stereocenters. The Morgan fingerprint density at radius 3 is 2.15 bits per heavy atom. The second kappa shape index (κ2) is 10.5. The van der Waals surface area contributed by atoms with Gasteiger partial charge in [0.25, 0.3) is 6.71 Å². The Kier molecular flexibility index (Phi) is 5.71. The topological polar surface area (TPSA) is 32.8 Å². The third kappa shape index (κ3) is 3.82. The molecule has 3 aromatic heterocycles. The number of para-hydroxylation sites is 3. The lowest BCUT2D eigenvalue weighted by Crippen LogP contribution is -2.54. The van der Waals surface area contributed by atoms with E-state index in [4.69, 9.17) is 8.83 Å². The molecule has 10 aromatic rings. The Morgan fingerprint density at radius 1 is 0.519 bits per heavy atom. The standard InChI is InChI=1S/C46H27BN2O2S/c1-2-12-28(13-3-1)48(29-22-23-33-32-15-7-11-21-42(32)52-43(33)26-29)30-24-36-31-14-4-8-18-37(31)47-44(36)38(25-30)49(39-27-50-40-19-9-5-16-34(39)40)45-35-17-6-10-20-41(35)51-46(45)47/h1-27H. The fourth-order valence-electron chi connectivity index (χ4n) is 8.75. The molecule has 0 aliphatic carbocycles. The minimum Gasteiger partial charge on any atom is -0.468 e. The lowest BCUT2D eigenvalue weighted by Gasteiger charge is -2.34. The van der Waals surface area contributed by atoms with Gasteiger partial charge in [0.2, 0.25) is 0 Å². The Bertz CT molecular complexity index is 3070. The third-order valence-electron chi connectivity index (χ3n) is 10.9. The van der Waals surface area contributed by atoms with Crippen molar-refractivity contribution >= 4 is 111 Å². The van der Waals surface area contributed by atoms with Gasteiger partial charge < -0.3 is 18.6 Å². The zero-order valence-electron chi connectivity index (χ0n) is 27.8. The lowest BCUT2D eigenvalue weighted by atomic mass is 9.39. The number of nitrogens with zero attached hydrogens (tertiary/aromatic N) is 2. The number of rotatable bonds is 4. The van der Waals surface area contributed by atoms with Gasteiger partial charge >= 0.3 is 0 Å². The third-order valence-corrected chi connectivity index (χ3v) is 12.0. The number of hydrogen-bond donors (Lipinski definition) is 0.